The number of hydrogen-bond donors (Lipinski definition) is 2. The van der Waals surface area contributed by atoms with Gasteiger partial charge in [-0.3, -0.25) is 0 Å². The van der Waals surface area contributed by atoms with E-state index in [4.69, 9.17) is 5.73 Å². The van der Waals surface area contributed by atoms with Crippen LogP contribution in [0.15, 0.2) is 12.3 Å². The lowest BCUT2D eigenvalue weighted by molar-refractivity contribution is -0.141. The van der Waals surface area contributed by atoms with Crippen LogP contribution < -0.4 is 11.1 Å². The largest absolute Gasteiger partial charge is 0.433 e. The van der Waals surface area contributed by atoms with E-state index in [1.807, 2.05) is 13.8 Å². The van der Waals surface area contributed by atoms with Crippen molar-refractivity contribution in [1.29, 1.82) is 0 Å². The van der Waals surface area contributed by atoms with E-state index in [0.717, 1.165) is 18.7 Å². The number of nitrogens with zero attached hydrogens (tertiary/aromatic N) is 1. The molecule has 0 bridgehead atoms. The number of pyridine rings is 1. The highest BCUT2D eigenvalue weighted by atomic mass is 19.4. The van der Waals surface area contributed by atoms with E-state index in [-0.39, 0.29) is 22.3 Å². The minimum absolute atomic E-state index is 0.0468. The van der Waals surface area contributed by atoms with E-state index in [9.17, 15) is 13.2 Å². The fraction of sp³-hybridized carbons (Fsp3) is 0.643. The number of aromatic nitrogens is 1. The molecule has 1 heterocycles. The molecule has 6 heteroatoms. The predicted molar refractivity (Wildman–Crippen MR) is 75.4 cm³/mol. The summed E-state index contributed by atoms with van der Waals surface area (Å²) in [4.78, 5) is 3.32. The van der Waals surface area contributed by atoms with Gasteiger partial charge in [-0.2, -0.15) is 13.2 Å². The summed E-state index contributed by atoms with van der Waals surface area (Å²) in [6.45, 7) is 10.1. The van der Waals surface area contributed by atoms with E-state index >= 15 is 0 Å². The molecule has 0 aromatic carbocycles. The molecule has 114 valence electrons. The highest BCUT2D eigenvalue weighted by Crippen LogP contribution is 2.34. The van der Waals surface area contributed by atoms with Gasteiger partial charge in [0.2, 0.25) is 0 Å². The van der Waals surface area contributed by atoms with Gasteiger partial charge in [0.05, 0.1) is 17.6 Å². The normalized spacial score (nSPS) is 13.4. The minimum Gasteiger partial charge on any atom is -0.396 e. The van der Waals surface area contributed by atoms with Crippen LogP contribution in [0.1, 0.15) is 46.7 Å². The maximum absolute atomic E-state index is 12.7. The van der Waals surface area contributed by atoms with Crippen LogP contribution in [0.3, 0.4) is 0 Å². The summed E-state index contributed by atoms with van der Waals surface area (Å²) >= 11 is 0. The quantitative estimate of drug-likeness (QED) is 0.871. The second-order valence-electron chi connectivity index (χ2n) is 6.90. The Morgan fingerprint density at radius 3 is 2.15 bits per heavy atom. The molecule has 0 amide bonds. The van der Waals surface area contributed by atoms with Crippen molar-refractivity contribution < 1.29 is 13.2 Å². The lowest BCUT2D eigenvalue weighted by Crippen LogP contribution is -2.35. The van der Waals surface area contributed by atoms with Crippen molar-refractivity contribution in [1.82, 2.24) is 4.98 Å². The van der Waals surface area contributed by atoms with Gasteiger partial charge in [0.25, 0.3) is 0 Å². The highest BCUT2D eigenvalue weighted by molar-refractivity contribution is 5.66. The molecule has 0 radical (unpaired) electrons. The minimum atomic E-state index is -4.47. The Labute approximate surface area is 117 Å². The summed E-state index contributed by atoms with van der Waals surface area (Å²) in [6, 6.07) is 0.958. The summed E-state index contributed by atoms with van der Waals surface area (Å²) < 4.78 is 38.0. The van der Waals surface area contributed by atoms with E-state index in [1.165, 1.54) is 0 Å². The molecule has 0 aliphatic rings. The van der Waals surface area contributed by atoms with E-state index < -0.39 is 11.9 Å². The number of halogens is 3. The zero-order chi connectivity index (χ0) is 15.8. The Kier molecular flexibility index (Phi) is 4.27. The molecular formula is C14H22F3N3. The van der Waals surface area contributed by atoms with Crippen molar-refractivity contribution in [3.05, 3.63) is 18.0 Å². The average Bonchev–Trinajstić information content (AvgIpc) is 2.15. The molecule has 0 atom stereocenters. The molecule has 1 rings (SSSR count). The van der Waals surface area contributed by atoms with Crippen LogP contribution in [0.5, 0.6) is 0 Å². The Morgan fingerprint density at radius 1 is 1.15 bits per heavy atom. The van der Waals surface area contributed by atoms with Crippen molar-refractivity contribution in [2.24, 2.45) is 5.41 Å². The van der Waals surface area contributed by atoms with Crippen LogP contribution in [0.2, 0.25) is 0 Å². The van der Waals surface area contributed by atoms with Gasteiger partial charge in [0.15, 0.2) is 0 Å². The molecule has 1 aromatic rings. The number of hydrogen-bond acceptors (Lipinski definition) is 3. The van der Waals surface area contributed by atoms with Crippen LogP contribution in [0, 0.1) is 5.41 Å². The van der Waals surface area contributed by atoms with Gasteiger partial charge in [-0.25, -0.2) is 4.98 Å². The first-order valence-electron chi connectivity index (χ1n) is 6.41. The summed E-state index contributed by atoms with van der Waals surface area (Å²) in [7, 11) is 0. The first-order chi connectivity index (χ1) is 8.80. The first kappa shape index (κ1) is 16.6. The van der Waals surface area contributed by atoms with Crippen LogP contribution in [-0.4, -0.2) is 10.5 Å². The Bertz CT molecular complexity index is 474. The lowest BCUT2D eigenvalue weighted by Gasteiger charge is -2.34. The second-order valence-corrected chi connectivity index (χ2v) is 6.90. The highest BCUT2D eigenvalue weighted by Gasteiger charge is 2.33. The molecule has 0 fully saturated rings. The van der Waals surface area contributed by atoms with Crippen LogP contribution >= 0.6 is 0 Å². The van der Waals surface area contributed by atoms with Crippen LogP contribution in [-0.2, 0) is 6.18 Å². The first-order valence-corrected chi connectivity index (χ1v) is 6.41. The lowest BCUT2D eigenvalue weighted by atomic mass is 9.81. The predicted octanol–water partition coefficient (Wildman–Crippen LogP) is 4.31. The van der Waals surface area contributed by atoms with Gasteiger partial charge in [-0.05, 0) is 31.7 Å². The molecule has 0 spiro atoms. The smallest absolute Gasteiger partial charge is 0.396 e. The molecule has 0 saturated heterocycles. The average molecular weight is 289 g/mol. The maximum atomic E-state index is 12.7. The van der Waals surface area contributed by atoms with E-state index in [0.29, 0.717) is 0 Å². The zero-order valence-corrected chi connectivity index (χ0v) is 12.5. The van der Waals surface area contributed by atoms with Gasteiger partial charge in [-0.15, -0.1) is 0 Å². The number of anilines is 2. The Morgan fingerprint density at radius 2 is 1.70 bits per heavy atom. The number of nitrogens with one attached hydrogen (secondary N) is 1. The van der Waals surface area contributed by atoms with Crippen LogP contribution in [0.4, 0.5) is 24.5 Å². The topological polar surface area (TPSA) is 50.9 Å². The molecule has 0 saturated carbocycles. The molecular weight excluding hydrogens is 267 g/mol. The summed E-state index contributed by atoms with van der Waals surface area (Å²) in [6.07, 6.45) is -2.65. The fourth-order valence-electron chi connectivity index (χ4n) is 2.46. The number of alkyl halides is 3. The molecule has 3 N–H and O–H groups in total. The summed E-state index contributed by atoms with van der Waals surface area (Å²) in [5, 5.41) is 3.09. The fourth-order valence-corrected chi connectivity index (χ4v) is 2.46. The van der Waals surface area contributed by atoms with Crippen molar-refractivity contribution in [2.45, 2.75) is 52.8 Å². The second kappa shape index (κ2) is 5.14. The van der Waals surface area contributed by atoms with Crippen molar-refractivity contribution in [3.8, 4) is 0 Å². The molecule has 0 aliphatic carbocycles. The van der Waals surface area contributed by atoms with Gasteiger partial charge in [-0.1, -0.05) is 20.8 Å². The Balaban J connectivity index is 3.03. The van der Waals surface area contributed by atoms with Crippen molar-refractivity contribution >= 4 is 11.4 Å². The van der Waals surface area contributed by atoms with Crippen LogP contribution in [0.25, 0.3) is 0 Å². The van der Waals surface area contributed by atoms with Gasteiger partial charge >= 0.3 is 6.18 Å². The monoisotopic (exact) mass is 289 g/mol. The standard InChI is InChI=1S/C14H22F3N3/c1-12(2,3)8-13(4,5)20-10-6-11(14(15,16)17)19-7-9(10)18/h6-7H,8,18H2,1-5H3,(H,19,20). The molecule has 3 nitrogen and oxygen atoms in total. The summed E-state index contributed by atoms with van der Waals surface area (Å²) in [5.74, 6) is 0. The molecule has 1 aromatic heterocycles. The third-order valence-electron chi connectivity index (χ3n) is 2.67. The van der Waals surface area contributed by atoms with E-state index in [1.54, 1.807) is 0 Å². The van der Waals surface area contributed by atoms with Crippen molar-refractivity contribution in [2.75, 3.05) is 11.1 Å². The third-order valence-corrected chi connectivity index (χ3v) is 2.67. The SMILES string of the molecule is CC(C)(C)CC(C)(C)Nc1cc(C(F)(F)F)ncc1N. The van der Waals surface area contributed by atoms with Gasteiger partial charge in [0.1, 0.15) is 5.69 Å². The molecule has 20 heavy (non-hydrogen) atoms. The van der Waals surface area contributed by atoms with Crippen molar-refractivity contribution in [3.63, 3.8) is 0 Å². The molecule has 0 aliphatic heterocycles. The number of nitrogens with two attached hydrogens (primary N) is 1. The number of nitrogen functional groups attached to an aromatic ring is 1. The van der Waals surface area contributed by atoms with Gasteiger partial charge < -0.3 is 11.1 Å². The summed E-state index contributed by atoms with van der Waals surface area (Å²) in [5.41, 5.74) is 4.91. The van der Waals surface area contributed by atoms with Gasteiger partial charge in [0, 0.05) is 5.54 Å². The van der Waals surface area contributed by atoms with E-state index in [2.05, 4.69) is 31.1 Å². The third kappa shape index (κ3) is 4.90. The Hall–Kier alpha value is -1.46. The number of rotatable bonds is 3. The molecule has 0 unspecified atom stereocenters. The zero-order valence-electron chi connectivity index (χ0n) is 12.5. The maximum Gasteiger partial charge on any atom is 0.433 e.